The van der Waals surface area contributed by atoms with Crippen LogP contribution in [0.5, 0.6) is 0 Å². The summed E-state index contributed by atoms with van der Waals surface area (Å²) >= 11 is 0. The van der Waals surface area contributed by atoms with Crippen LogP contribution < -0.4 is 16.0 Å². The molecule has 0 aromatic heterocycles. The molecule has 1 fully saturated rings. The van der Waals surface area contributed by atoms with Crippen LogP contribution in [0.1, 0.15) is 34.3 Å². The Labute approximate surface area is 181 Å². The highest BCUT2D eigenvalue weighted by atomic mass is 16.5. The second-order valence-electron chi connectivity index (χ2n) is 8.16. The molecule has 2 aromatic rings. The minimum absolute atomic E-state index is 0.0197. The van der Waals surface area contributed by atoms with Crippen molar-refractivity contribution in [3.63, 3.8) is 0 Å². The highest BCUT2D eigenvalue weighted by Gasteiger charge is 2.37. The molecule has 0 aliphatic carbocycles. The highest BCUT2D eigenvalue weighted by Crippen LogP contribution is 2.26. The van der Waals surface area contributed by atoms with Gasteiger partial charge in [0.1, 0.15) is 6.04 Å². The average Bonchev–Trinajstić information content (AvgIpc) is 2.80. The van der Waals surface area contributed by atoms with Gasteiger partial charge in [0, 0.05) is 37.4 Å². The molecule has 0 unspecified atom stereocenters. The van der Waals surface area contributed by atoms with Gasteiger partial charge in [0.25, 0.3) is 5.91 Å². The minimum Gasteiger partial charge on any atom is -0.381 e. The lowest BCUT2D eigenvalue weighted by Gasteiger charge is -2.32. The van der Waals surface area contributed by atoms with Crippen LogP contribution in [-0.2, 0) is 22.4 Å². The SMILES string of the molecule is N#C[C@@H](Cc1ccc2c(c1)CCN(c1ccccc1)C2=O)NC(=O)C1(N)CCOCC1. The summed E-state index contributed by atoms with van der Waals surface area (Å²) in [6.07, 6.45) is 1.98. The van der Waals surface area contributed by atoms with Crippen LogP contribution in [0.25, 0.3) is 0 Å². The number of ether oxygens (including phenoxy) is 1. The number of nitrogens with two attached hydrogens (primary N) is 1. The maximum absolute atomic E-state index is 13.0. The van der Waals surface area contributed by atoms with Gasteiger partial charge in [0.15, 0.2) is 0 Å². The van der Waals surface area contributed by atoms with Gasteiger partial charge >= 0.3 is 0 Å². The lowest BCUT2D eigenvalue weighted by molar-refractivity contribution is -0.130. The number of para-hydroxylation sites is 1. The predicted molar refractivity (Wildman–Crippen MR) is 116 cm³/mol. The van der Waals surface area contributed by atoms with E-state index in [0.29, 0.717) is 44.6 Å². The van der Waals surface area contributed by atoms with Crippen LogP contribution in [0.3, 0.4) is 0 Å². The van der Waals surface area contributed by atoms with Gasteiger partial charge in [0.2, 0.25) is 5.91 Å². The largest absolute Gasteiger partial charge is 0.381 e. The summed E-state index contributed by atoms with van der Waals surface area (Å²) < 4.78 is 5.28. The van der Waals surface area contributed by atoms with E-state index in [1.54, 1.807) is 4.90 Å². The fraction of sp³-hybridized carbons (Fsp3) is 0.375. The molecule has 2 aromatic carbocycles. The van der Waals surface area contributed by atoms with Crippen molar-refractivity contribution in [1.29, 1.82) is 5.26 Å². The second-order valence-corrected chi connectivity index (χ2v) is 8.16. The number of nitriles is 1. The molecular formula is C24H26N4O3. The van der Waals surface area contributed by atoms with Gasteiger partial charge in [0.05, 0.1) is 11.6 Å². The topological polar surface area (TPSA) is 108 Å². The second kappa shape index (κ2) is 8.88. The van der Waals surface area contributed by atoms with E-state index in [4.69, 9.17) is 10.5 Å². The van der Waals surface area contributed by atoms with Crippen molar-refractivity contribution in [3.05, 3.63) is 65.2 Å². The van der Waals surface area contributed by atoms with Crippen molar-refractivity contribution in [2.45, 2.75) is 37.3 Å². The summed E-state index contributed by atoms with van der Waals surface area (Å²) in [6.45, 7) is 1.50. The molecule has 2 aliphatic heterocycles. The fourth-order valence-corrected chi connectivity index (χ4v) is 4.15. The van der Waals surface area contributed by atoms with E-state index in [-0.39, 0.29) is 11.8 Å². The van der Waals surface area contributed by atoms with E-state index in [2.05, 4.69) is 11.4 Å². The molecule has 0 bridgehead atoms. The molecule has 2 heterocycles. The summed E-state index contributed by atoms with van der Waals surface area (Å²) in [5.41, 5.74) is 8.68. The van der Waals surface area contributed by atoms with E-state index < -0.39 is 11.6 Å². The third-order valence-electron chi connectivity index (χ3n) is 6.06. The molecule has 1 saturated heterocycles. The number of carbonyl (C=O) groups is 2. The molecule has 3 N–H and O–H groups in total. The summed E-state index contributed by atoms with van der Waals surface area (Å²) in [7, 11) is 0. The average molecular weight is 418 g/mol. The monoisotopic (exact) mass is 418 g/mol. The standard InChI is InChI=1S/C24H26N4O3/c25-16-19(27-23(30)24(26)9-12-31-13-10-24)15-17-6-7-21-18(14-17)8-11-28(22(21)29)20-4-2-1-3-5-20/h1-7,14,19H,8-13,15,26H2,(H,27,30)/t19-/m1/s1. The van der Waals surface area contributed by atoms with Crippen molar-refractivity contribution in [1.82, 2.24) is 5.32 Å². The van der Waals surface area contributed by atoms with E-state index in [9.17, 15) is 14.9 Å². The molecule has 31 heavy (non-hydrogen) atoms. The number of nitrogens with one attached hydrogen (secondary N) is 1. The van der Waals surface area contributed by atoms with Crippen LogP contribution in [0, 0.1) is 11.3 Å². The zero-order valence-corrected chi connectivity index (χ0v) is 17.3. The Hall–Kier alpha value is -3.21. The number of amides is 2. The van der Waals surface area contributed by atoms with Crippen molar-refractivity contribution in [2.24, 2.45) is 5.73 Å². The highest BCUT2D eigenvalue weighted by molar-refractivity contribution is 6.08. The number of anilines is 1. The summed E-state index contributed by atoms with van der Waals surface area (Å²) in [5, 5.41) is 12.4. The van der Waals surface area contributed by atoms with Gasteiger partial charge in [-0.25, -0.2) is 0 Å². The fourth-order valence-electron chi connectivity index (χ4n) is 4.15. The number of nitrogens with zero attached hydrogens (tertiary/aromatic N) is 2. The maximum Gasteiger partial charge on any atom is 0.258 e. The Morgan fingerprint density at radius 2 is 1.97 bits per heavy atom. The van der Waals surface area contributed by atoms with E-state index in [1.165, 1.54) is 0 Å². The number of hydrogen-bond acceptors (Lipinski definition) is 5. The van der Waals surface area contributed by atoms with E-state index in [0.717, 1.165) is 23.2 Å². The minimum atomic E-state index is -0.990. The smallest absolute Gasteiger partial charge is 0.258 e. The summed E-state index contributed by atoms with van der Waals surface area (Å²) in [5.74, 6) is -0.331. The van der Waals surface area contributed by atoms with Crippen molar-refractivity contribution < 1.29 is 14.3 Å². The van der Waals surface area contributed by atoms with Crippen molar-refractivity contribution >= 4 is 17.5 Å². The molecule has 160 valence electrons. The van der Waals surface area contributed by atoms with Crippen molar-refractivity contribution in [2.75, 3.05) is 24.7 Å². The lowest BCUT2D eigenvalue weighted by atomic mass is 9.89. The first-order valence-electron chi connectivity index (χ1n) is 10.6. The Kier molecular flexibility index (Phi) is 6.03. The van der Waals surface area contributed by atoms with Gasteiger partial charge in [-0.05, 0) is 48.6 Å². The summed E-state index contributed by atoms with van der Waals surface area (Å²) in [6, 6.07) is 16.8. The van der Waals surface area contributed by atoms with Gasteiger partial charge in [-0.2, -0.15) is 5.26 Å². The lowest BCUT2D eigenvalue weighted by Crippen LogP contribution is -2.58. The molecule has 0 saturated carbocycles. The molecule has 0 spiro atoms. The number of rotatable bonds is 5. The Bertz CT molecular complexity index is 1010. The molecule has 4 rings (SSSR count). The first-order valence-corrected chi connectivity index (χ1v) is 10.6. The molecule has 2 aliphatic rings. The Morgan fingerprint density at radius 3 is 2.68 bits per heavy atom. The van der Waals surface area contributed by atoms with Gasteiger partial charge < -0.3 is 20.7 Å². The zero-order chi connectivity index (χ0) is 21.8. The third-order valence-corrected chi connectivity index (χ3v) is 6.06. The van der Waals surface area contributed by atoms with Crippen LogP contribution >= 0.6 is 0 Å². The van der Waals surface area contributed by atoms with Crippen LogP contribution in [-0.4, -0.2) is 43.2 Å². The molecule has 7 heteroatoms. The molecule has 2 amide bonds. The number of carbonyl (C=O) groups excluding carboxylic acids is 2. The zero-order valence-electron chi connectivity index (χ0n) is 17.3. The van der Waals surface area contributed by atoms with Gasteiger partial charge in [-0.1, -0.05) is 30.3 Å². The maximum atomic E-state index is 13.0. The number of hydrogen-bond donors (Lipinski definition) is 2. The number of fused-ring (bicyclic) bond motifs is 1. The molecule has 0 radical (unpaired) electrons. The van der Waals surface area contributed by atoms with Crippen LogP contribution in [0.2, 0.25) is 0 Å². The Morgan fingerprint density at radius 1 is 1.23 bits per heavy atom. The molecular weight excluding hydrogens is 392 g/mol. The Balaban J connectivity index is 1.45. The van der Waals surface area contributed by atoms with Gasteiger partial charge in [-0.15, -0.1) is 0 Å². The molecule has 7 nitrogen and oxygen atoms in total. The third kappa shape index (κ3) is 4.46. The van der Waals surface area contributed by atoms with E-state index >= 15 is 0 Å². The first kappa shape index (κ1) is 21.0. The van der Waals surface area contributed by atoms with Crippen LogP contribution in [0.4, 0.5) is 5.69 Å². The first-order chi connectivity index (χ1) is 15.0. The van der Waals surface area contributed by atoms with Gasteiger partial charge in [-0.3, -0.25) is 9.59 Å². The quantitative estimate of drug-likeness (QED) is 0.772. The number of benzene rings is 2. The molecule has 1 atom stereocenters. The normalized spacial score (nSPS) is 18.6. The van der Waals surface area contributed by atoms with Crippen molar-refractivity contribution in [3.8, 4) is 6.07 Å². The van der Waals surface area contributed by atoms with E-state index in [1.807, 2.05) is 48.5 Å². The predicted octanol–water partition coefficient (Wildman–Crippen LogP) is 1.95. The summed E-state index contributed by atoms with van der Waals surface area (Å²) in [4.78, 5) is 27.4. The van der Waals surface area contributed by atoms with Crippen LogP contribution in [0.15, 0.2) is 48.5 Å².